The highest BCUT2D eigenvalue weighted by Gasteiger charge is 1.96. The van der Waals surface area contributed by atoms with Gasteiger partial charge in [0.15, 0.2) is 0 Å². The highest BCUT2D eigenvalue weighted by atomic mass is 16.3. The molecule has 0 aliphatic heterocycles. The molecule has 0 radical (unpaired) electrons. The standard InChI is InChI=1S/C8H9NO2/c1-6-2-3-7(11)4-8(6)9-5-10/h2-5,11H,1H3,(H,9,10). The zero-order valence-corrected chi connectivity index (χ0v) is 6.16. The molecule has 0 aromatic heterocycles. The smallest absolute Gasteiger partial charge is 0.211 e. The van der Waals surface area contributed by atoms with Gasteiger partial charge in [-0.3, -0.25) is 4.79 Å². The average molecular weight is 151 g/mol. The van der Waals surface area contributed by atoms with Crippen LogP contribution in [0.4, 0.5) is 5.69 Å². The lowest BCUT2D eigenvalue weighted by molar-refractivity contribution is -0.105. The van der Waals surface area contributed by atoms with Crippen LogP contribution in [0.2, 0.25) is 0 Å². The van der Waals surface area contributed by atoms with Gasteiger partial charge in [0.1, 0.15) is 5.75 Å². The minimum atomic E-state index is 0.153. The second-order valence-electron chi connectivity index (χ2n) is 2.26. The monoisotopic (exact) mass is 151 g/mol. The number of aromatic hydroxyl groups is 1. The summed E-state index contributed by atoms with van der Waals surface area (Å²) in [4.78, 5) is 10.0. The molecule has 0 fully saturated rings. The molecule has 0 saturated heterocycles. The third kappa shape index (κ3) is 1.70. The first-order valence-corrected chi connectivity index (χ1v) is 3.24. The van der Waals surface area contributed by atoms with E-state index in [1.807, 2.05) is 6.92 Å². The molecule has 1 amide bonds. The number of phenols is 1. The van der Waals surface area contributed by atoms with Crippen molar-refractivity contribution < 1.29 is 9.90 Å². The lowest BCUT2D eigenvalue weighted by Crippen LogP contribution is -1.95. The van der Waals surface area contributed by atoms with E-state index in [0.717, 1.165) is 5.56 Å². The zero-order valence-electron chi connectivity index (χ0n) is 6.16. The van der Waals surface area contributed by atoms with E-state index >= 15 is 0 Å². The molecule has 0 atom stereocenters. The van der Waals surface area contributed by atoms with Gasteiger partial charge in [0, 0.05) is 11.8 Å². The van der Waals surface area contributed by atoms with Gasteiger partial charge < -0.3 is 10.4 Å². The summed E-state index contributed by atoms with van der Waals surface area (Å²) in [6, 6.07) is 4.82. The lowest BCUT2D eigenvalue weighted by atomic mass is 10.2. The summed E-state index contributed by atoms with van der Waals surface area (Å²) < 4.78 is 0. The quantitative estimate of drug-likeness (QED) is 0.625. The maximum Gasteiger partial charge on any atom is 0.211 e. The average Bonchev–Trinajstić information content (AvgIpc) is 1.98. The van der Waals surface area contributed by atoms with E-state index in [1.54, 1.807) is 12.1 Å². The number of phenolic OH excluding ortho intramolecular Hbond substituents is 1. The topological polar surface area (TPSA) is 49.3 Å². The summed E-state index contributed by atoms with van der Waals surface area (Å²) in [6.07, 6.45) is 0.585. The Morgan fingerprint density at radius 3 is 2.91 bits per heavy atom. The third-order valence-corrected chi connectivity index (χ3v) is 1.44. The minimum Gasteiger partial charge on any atom is -0.508 e. The van der Waals surface area contributed by atoms with Gasteiger partial charge in [-0.05, 0) is 18.6 Å². The first-order valence-electron chi connectivity index (χ1n) is 3.24. The number of hydrogen-bond acceptors (Lipinski definition) is 2. The summed E-state index contributed by atoms with van der Waals surface area (Å²) in [7, 11) is 0. The maximum absolute atomic E-state index is 10.0. The van der Waals surface area contributed by atoms with E-state index < -0.39 is 0 Å². The molecule has 11 heavy (non-hydrogen) atoms. The van der Waals surface area contributed by atoms with Crippen molar-refractivity contribution >= 4 is 12.1 Å². The molecular formula is C8H9NO2. The van der Waals surface area contributed by atoms with Crippen LogP contribution in [-0.4, -0.2) is 11.5 Å². The molecule has 1 aromatic rings. The van der Waals surface area contributed by atoms with Crippen molar-refractivity contribution in [2.75, 3.05) is 5.32 Å². The second-order valence-corrected chi connectivity index (χ2v) is 2.26. The van der Waals surface area contributed by atoms with Gasteiger partial charge in [-0.1, -0.05) is 6.07 Å². The number of amides is 1. The Bertz CT molecular complexity index is 271. The third-order valence-electron chi connectivity index (χ3n) is 1.44. The Morgan fingerprint density at radius 1 is 1.55 bits per heavy atom. The van der Waals surface area contributed by atoms with Crippen LogP contribution in [0.5, 0.6) is 5.75 Å². The van der Waals surface area contributed by atoms with Crippen LogP contribution < -0.4 is 5.32 Å². The summed E-state index contributed by atoms with van der Waals surface area (Å²) in [6.45, 7) is 1.85. The number of aryl methyl sites for hydroxylation is 1. The molecule has 0 spiro atoms. The number of benzene rings is 1. The van der Waals surface area contributed by atoms with Crippen molar-refractivity contribution in [3.8, 4) is 5.75 Å². The van der Waals surface area contributed by atoms with E-state index in [4.69, 9.17) is 5.11 Å². The lowest BCUT2D eigenvalue weighted by Gasteiger charge is -2.02. The molecule has 1 aromatic carbocycles. The van der Waals surface area contributed by atoms with E-state index in [1.165, 1.54) is 6.07 Å². The Hall–Kier alpha value is -1.51. The molecule has 0 heterocycles. The molecule has 1 rings (SSSR count). The van der Waals surface area contributed by atoms with E-state index in [0.29, 0.717) is 12.1 Å². The summed E-state index contributed by atoms with van der Waals surface area (Å²) >= 11 is 0. The number of carbonyl (C=O) groups excluding carboxylic acids is 1. The van der Waals surface area contributed by atoms with Crippen molar-refractivity contribution in [1.29, 1.82) is 0 Å². The van der Waals surface area contributed by atoms with E-state index in [9.17, 15) is 4.79 Å². The van der Waals surface area contributed by atoms with E-state index in [2.05, 4.69) is 5.32 Å². The Morgan fingerprint density at radius 2 is 2.27 bits per heavy atom. The van der Waals surface area contributed by atoms with Gasteiger partial charge >= 0.3 is 0 Å². The fourth-order valence-electron chi connectivity index (χ4n) is 0.829. The van der Waals surface area contributed by atoms with Gasteiger partial charge in [0.25, 0.3) is 0 Å². The highest BCUT2D eigenvalue weighted by Crippen LogP contribution is 2.19. The van der Waals surface area contributed by atoms with Crippen LogP contribution in [-0.2, 0) is 4.79 Å². The predicted octanol–water partition coefficient (Wildman–Crippen LogP) is 1.27. The van der Waals surface area contributed by atoms with E-state index in [-0.39, 0.29) is 5.75 Å². The van der Waals surface area contributed by atoms with Crippen molar-refractivity contribution in [2.24, 2.45) is 0 Å². The highest BCUT2D eigenvalue weighted by molar-refractivity contribution is 5.73. The van der Waals surface area contributed by atoms with Gasteiger partial charge in [-0.2, -0.15) is 0 Å². The minimum absolute atomic E-state index is 0.153. The Kier molecular flexibility index (Phi) is 2.11. The molecule has 0 unspecified atom stereocenters. The fraction of sp³-hybridized carbons (Fsp3) is 0.125. The first-order chi connectivity index (χ1) is 5.24. The zero-order chi connectivity index (χ0) is 8.27. The maximum atomic E-state index is 10.0. The molecule has 2 N–H and O–H groups in total. The summed E-state index contributed by atoms with van der Waals surface area (Å²) in [5, 5.41) is 11.5. The number of nitrogens with one attached hydrogen (secondary N) is 1. The molecule has 3 heteroatoms. The first kappa shape index (κ1) is 7.60. The molecule has 3 nitrogen and oxygen atoms in total. The van der Waals surface area contributed by atoms with Crippen molar-refractivity contribution in [3.63, 3.8) is 0 Å². The van der Waals surface area contributed by atoms with Gasteiger partial charge in [-0.15, -0.1) is 0 Å². The Labute approximate surface area is 64.7 Å². The van der Waals surface area contributed by atoms with Crippen molar-refractivity contribution in [1.82, 2.24) is 0 Å². The number of anilines is 1. The predicted molar refractivity (Wildman–Crippen MR) is 42.5 cm³/mol. The van der Waals surface area contributed by atoms with Crippen molar-refractivity contribution in [2.45, 2.75) is 6.92 Å². The molecule has 0 saturated carbocycles. The van der Waals surface area contributed by atoms with Crippen molar-refractivity contribution in [3.05, 3.63) is 23.8 Å². The summed E-state index contributed by atoms with van der Waals surface area (Å²) in [5.41, 5.74) is 1.56. The number of rotatable bonds is 2. The normalized spacial score (nSPS) is 9.18. The van der Waals surface area contributed by atoms with Crippen LogP contribution in [0, 0.1) is 6.92 Å². The van der Waals surface area contributed by atoms with Gasteiger partial charge in [-0.25, -0.2) is 0 Å². The van der Waals surface area contributed by atoms with Crippen LogP contribution in [0.15, 0.2) is 18.2 Å². The van der Waals surface area contributed by atoms with Crippen LogP contribution >= 0.6 is 0 Å². The molecule has 58 valence electrons. The van der Waals surface area contributed by atoms with Crippen LogP contribution in [0.25, 0.3) is 0 Å². The van der Waals surface area contributed by atoms with Crippen LogP contribution in [0.3, 0.4) is 0 Å². The Balaban J connectivity index is 3.01. The molecule has 0 aliphatic carbocycles. The SMILES string of the molecule is Cc1ccc(O)cc1NC=O. The number of carbonyl (C=O) groups is 1. The second kappa shape index (κ2) is 3.05. The number of hydrogen-bond donors (Lipinski definition) is 2. The molecule has 0 bridgehead atoms. The van der Waals surface area contributed by atoms with Gasteiger partial charge in [0.05, 0.1) is 0 Å². The fourth-order valence-corrected chi connectivity index (χ4v) is 0.829. The molecular weight excluding hydrogens is 142 g/mol. The van der Waals surface area contributed by atoms with Gasteiger partial charge in [0.2, 0.25) is 6.41 Å². The summed E-state index contributed by atoms with van der Waals surface area (Å²) in [5.74, 6) is 0.153. The largest absolute Gasteiger partial charge is 0.508 e. The van der Waals surface area contributed by atoms with Crippen LogP contribution in [0.1, 0.15) is 5.56 Å². The molecule has 0 aliphatic rings.